The molecule has 7 N–H and O–H groups in total. The number of aliphatic hydroxyl groups excluding tert-OH is 2. The molecule has 7 atom stereocenters. The second-order valence-electron chi connectivity index (χ2n) is 9.14. The molecule has 5 rings (SSSR count). The maximum absolute atomic E-state index is 12.2. The molecule has 0 bridgehead atoms. The first kappa shape index (κ1) is 28.1. The molecule has 39 heavy (non-hydrogen) atoms. The van der Waals surface area contributed by atoms with Gasteiger partial charge in [0.2, 0.25) is 11.6 Å². The molecule has 0 saturated carbocycles. The summed E-state index contributed by atoms with van der Waals surface area (Å²) >= 11 is 6.21. The molecule has 3 aromatic heterocycles. The summed E-state index contributed by atoms with van der Waals surface area (Å²) in [6, 6.07) is 0. The van der Waals surface area contributed by atoms with Crippen molar-refractivity contribution in [1.29, 1.82) is 0 Å². The first-order chi connectivity index (χ1) is 18.5. The van der Waals surface area contributed by atoms with Crippen molar-refractivity contribution in [1.82, 2.24) is 29.1 Å². The number of rotatable bonds is 8. The smallest absolute Gasteiger partial charge is 0.330 e. The number of anilines is 1. The molecule has 2 saturated heterocycles. The molecule has 2 aliphatic rings. The third-order valence-corrected chi connectivity index (χ3v) is 10.7. The van der Waals surface area contributed by atoms with Gasteiger partial charge in [0.15, 0.2) is 11.2 Å². The van der Waals surface area contributed by atoms with Crippen molar-refractivity contribution in [2.24, 2.45) is 0 Å². The normalized spacial score (nSPS) is 28.7. The van der Waals surface area contributed by atoms with Crippen LogP contribution in [0.4, 0.5) is 5.95 Å². The highest BCUT2D eigenvalue weighted by Crippen LogP contribution is 2.59. The average molecular weight is 604 g/mol. The first-order valence-corrected chi connectivity index (χ1v) is 16.0. The van der Waals surface area contributed by atoms with Gasteiger partial charge in [-0.1, -0.05) is 11.4 Å². The van der Waals surface area contributed by atoms with Gasteiger partial charge in [-0.15, -0.1) is 0 Å². The van der Waals surface area contributed by atoms with Crippen molar-refractivity contribution in [2.75, 3.05) is 18.1 Å². The predicted molar refractivity (Wildman–Crippen MR) is 143 cm³/mol. The van der Waals surface area contributed by atoms with E-state index >= 15 is 0 Å². The number of fused-ring (bicyclic) bond motifs is 1. The molecule has 3 aromatic rings. The second-order valence-corrected chi connectivity index (χ2v) is 15.3. The van der Waals surface area contributed by atoms with Crippen molar-refractivity contribution >= 4 is 46.0 Å². The third kappa shape index (κ3) is 5.75. The van der Waals surface area contributed by atoms with Crippen LogP contribution in [0, 0.1) is 6.92 Å². The highest BCUT2D eigenvalue weighted by atomic mass is 32.9. The summed E-state index contributed by atoms with van der Waals surface area (Å²) in [5.74, 6) is -0.0401. The molecule has 0 amide bonds. The van der Waals surface area contributed by atoms with Gasteiger partial charge in [-0.2, -0.15) is 4.98 Å². The molecule has 0 spiro atoms. The lowest BCUT2D eigenvalue weighted by Gasteiger charge is -2.24. The van der Waals surface area contributed by atoms with E-state index in [-0.39, 0.29) is 35.7 Å². The molecule has 5 heterocycles. The molecule has 2 aliphatic heterocycles. The number of aliphatic hydroxyl groups is 2. The van der Waals surface area contributed by atoms with Crippen LogP contribution in [-0.4, -0.2) is 81.0 Å². The Labute approximate surface area is 228 Å². The summed E-state index contributed by atoms with van der Waals surface area (Å²) in [5.41, 5.74) is 1.03. The molecular weight excluding hydrogens is 577 g/mol. The highest BCUT2D eigenvalue weighted by molar-refractivity contribution is 8.67. The monoisotopic (exact) mass is 603 g/mol. The van der Waals surface area contributed by atoms with Gasteiger partial charge in [-0.25, -0.2) is 9.78 Å². The lowest BCUT2D eigenvalue weighted by molar-refractivity contribution is -0.0387. The standard InChI is InChI=1S/C20H26N7O9PS2/c1-8-4-26(20(32)25-17(8)30)13-2-9(29)12(35-13)6-39-37(33,38)36-10-3-14(34-11(10)5-28)27-7-22-15-16(27)23-19(21)24-18(15)31/h4,7,9-14,28-29H,2-3,5-6H2,1H3,(H,33,38)(H,25,30,32)(H3,21,23,24,31)/t9-,10-,11+,12+,13+,14+,37?/m0/s1. The zero-order valence-corrected chi connectivity index (χ0v) is 22.9. The minimum atomic E-state index is -3.52. The number of nitrogen functional groups attached to an aromatic ring is 1. The van der Waals surface area contributed by atoms with Crippen molar-refractivity contribution in [3.05, 3.63) is 49.3 Å². The molecule has 212 valence electrons. The molecule has 0 aliphatic carbocycles. The molecule has 19 heteroatoms. The lowest BCUT2D eigenvalue weighted by atomic mass is 10.2. The van der Waals surface area contributed by atoms with Gasteiger partial charge in [0.05, 0.1) is 31.2 Å². The van der Waals surface area contributed by atoms with Gasteiger partial charge in [-0.05, 0) is 18.7 Å². The van der Waals surface area contributed by atoms with Crippen molar-refractivity contribution < 1.29 is 29.1 Å². The Hall–Kier alpha value is -2.41. The van der Waals surface area contributed by atoms with E-state index in [1.165, 1.54) is 21.7 Å². The number of nitrogens with zero attached hydrogens (tertiary/aromatic N) is 4. The number of aryl methyl sites for hydroxylation is 1. The Morgan fingerprint density at radius 3 is 2.67 bits per heavy atom. The van der Waals surface area contributed by atoms with Crippen molar-refractivity contribution in [2.45, 2.75) is 56.6 Å². The van der Waals surface area contributed by atoms with E-state index < -0.39 is 66.0 Å². The maximum Gasteiger partial charge on any atom is 0.330 e. The van der Waals surface area contributed by atoms with Crippen LogP contribution in [0.2, 0.25) is 0 Å². The van der Waals surface area contributed by atoms with Gasteiger partial charge in [0.25, 0.3) is 11.1 Å². The molecule has 2 fully saturated rings. The summed E-state index contributed by atoms with van der Waals surface area (Å²) in [4.78, 5) is 59.5. The van der Waals surface area contributed by atoms with Gasteiger partial charge < -0.3 is 34.8 Å². The molecule has 0 aromatic carbocycles. The van der Waals surface area contributed by atoms with Gasteiger partial charge >= 0.3 is 5.69 Å². The number of ether oxygens (including phenoxy) is 2. The Morgan fingerprint density at radius 2 is 1.92 bits per heavy atom. The molecule has 16 nitrogen and oxygen atoms in total. The quantitative estimate of drug-likeness (QED) is 0.167. The van der Waals surface area contributed by atoms with Crippen LogP contribution in [0.1, 0.15) is 30.9 Å². The van der Waals surface area contributed by atoms with E-state index in [0.29, 0.717) is 5.56 Å². The number of aromatic amines is 2. The fourth-order valence-corrected chi connectivity index (χ4v) is 8.17. The second kappa shape index (κ2) is 10.9. The van der Waals surface area contributed by atoms with Crippen LogP contribution in [0.3, 0.4) is 0 Å². The largest absolute Gasteiger partial charge is 0.394 e. The molecule has 0 radical (unpaired) electrons. The number of hydrogen-bond donors (Lipinski definition) is 6. The minimum absolute atomic E-state index is 0.0570. The van der Waals surface area contributed by atoms with Crippen LogP contribution < -0.4 is 22.5 Å². The van der Waals surface area contributed by atoms with E-state index in [9.17, 15) is 29.5 Å². The van der Waals surface area contributed by atoms with Crippen molar-refractivity contribution in [3.63, 3.8) is 0 Å². The minimum Gasteiger partial charge on any atom is -0.394 e. The van der Waals surface area contributed by atoms with E-state index in [1.807, 2.05) is 0 Å². The van der Waals surface area contributed by atoms with Crippen LogP contribution in [-0.2, 0) is 25.8 Å². The van der Waals surface area contributed by atoms with Crippen LogP contribution in [0.15, 0.2) is 26.9 Å². The number of nitrogens with two attached hydrogens (primary N) is 1. The van der Waals surface area contributed by atoms with Crippen molar-refractivity contribution in [3.8, 4) is 0 Å². The molecule has 1 unspecified atom stereocenters. The predicted octanol–water partition coefficient (Wildman–Crippen LogP) is -1.18. The summed E-state index contributed by atoms with van der Waals surface area (Å²) in [5, 5.41) is 20.3. The maximum atomic E-state index is 12.2. The summed E-state index contributed by atoms with van der Waals surface area (Å²) < 4.78 is 20.2. The Bertz CT molecular complexity index is 1610. The molecular formula is C20H26N7O9PS2. The number of H-pyrrole nitrogens is 2. The van der Waals surface area contributed by atoms with Crippen LogP contribution in [0.25, 0.3) is 11.2 Å². The van der Waals surface area contributed by atoms with Crippen LogP contribution >= 0.6 is 17.1 Å². The zero-order chi connectivity index (χ0) is 28.1. The Morgan fingerprint density at radius 1 is 1.21 bits per heavy atom. The fraction of sp³-hybridized carbons (Fsp3) is 0.550. The number of nitrogens with one attached hydrogen (secondary N) is 2. The Balaban J connectivity index is 1.23. The Kier molecular flexibility index (Phi) is 7.84. The van der Waals surface area contributed by atoms with E-state index in [0.717, 1.165) is 11.4 Å². The third-order valence-electron chi connectivity index (χ3n) is 6.45. The summed E-state index contributed by atoms with van der Waals surface area (Å²) in [6.07, 6.45) is -1.94. The lowest BCUT2D eigenvalue weighted by Crippen LogP contribution is -2.33. The average Bonchev–Trinajstić information content (AvgIpc) is 3.56. The van der Waals surface area contributed by atoms with Gasteiger partial charge in [0.1, 0.15) is 18.6 Å². The SMILES string of the molecule is Cc1cn([C@H]2C[C@H](O)[C@@H](CSP(O)(=S)O[C@H]3C[C@H](n4cnc5c(=O)[nH]c(N)nc54)O[C@@H]3CO)O2)c(=O)[nH]c1=O. The number of aromatic nitrogens is 6. The van der Waals surface area contributed by atoms with E-state index in [1.54, 1.807) is 6.92 Å². The van der Waals surface area contributed by atoms with Gasteiger partial charge in [0, 0.05) is 30.4 Å². The summed E-state index contributed by atoms with van der Waals surface area (Å²) in [6.45, 7) is 1.12. The summed E-state index contributed by atoms with van der Waals surface area (Å²) in [7, 11) is 0. The highest BCUT2D eigenvalue weighted by Gasteiger charge is 2.41. The van der Waals surface area contributed by atoms with Gasteiger partial charge in [-0.3, -0.25) is 28.7 Å². The zero-order valence-electron chi connectivity index (χ0n) is 20.4. The fourth-order valence-electron chi connectivity index (χ4n) is 4.51. The van der Waals surface area contributed by atoms with E-state index in [2.05, 4.69) is 19.9 Å². The first-order valence-electron chi connectivity index (χ1n) is 11.8. The van der Waals surface area contributed by atoms with E-state index in [4.69, 9.17) is 31.5 Å². The van der Waals surface area contributed by atoms with Crippen LogP contribution in [0.5, 0.6) is 0 Å². The number of imidazole rings is 1. The number of hydrogen-bond acceptors (Lipinski definition) is 13. The topological polar surface area (TPSA) is 233 Å².